The molecular weight excluding hydrogens is 800 g/mol. The molecule has 318 valence electrons. The molecule has 1 N–H and O–H groups in total. The Kier molecular flexibility index (Phi) is 12.4. The average molecular weight is 860 g/mol. The first-order valence-corrected chi connectivity index (χ1v) is 24.5. The number of sulfonamides is 1. The van der Waals surface area contributed by atoms with Crippen LogP contribution in [0.5, 0.6) is 0 Å². The lowest BCUT2D eigenvalue weighted by Gasteiger charge is -2.26. The number of benzene rings is 2. The number of nitrogens with one attached hydrogen (secondary N) is 1. The van der Waals surface area contributed by atoms with Crippen LogP contribution in [0.3, 0.4) is 0 Å². The largest absolute Gasteiger partial charge is 0.381 e. The fraction of sp³-hybridized carbons (Fsp3) is 0.643. The van der Waals surface area contributed by atoms with Gasteiger partial charge in [-0.1, -0.05) is 41.5 Å². The molecule has 0 spiro atoms. The van der Waals surface area contributed by atoms with Gasteiger partial charge in [0.15, 0.2) is 0 Å². The van der Waals surface area contributed by atoms with Crippen molar-refractivity contribution in [2.45, 2.75) is 126 Å². The van der Waals surface area contributed by atoms with Gasteiger partial charge in [0.2, 0.25) is 15.9 Å². The van der Waals surface area contributed by atoms with Gasteiger partial charge in [-0.2, -0.15) is 4.31 Å². The molecule has 16 heteroatoms. The Morgan fingerprint density at radius 3 is 1.64 bits per heavy atom. The number of rotatable bonds is 9. The number of imidazole rings is 2. The summed E-state index contributed by atoms with van der Waals surface area (Å²) >= 11 is 0. The van der Waals surface area contributed by atoms with Gasteiger partial charge in [-0.05, 0) is 93.2 Å². The maximum absolute atomic E-state index is 13.4. The lowest BCUT2D eigenvalue weighted by atomic mass is 9.94. The first kappa shape index (κ1) is 43.0. The normalized spacial score (nSPS) is 20.7. The lowest BCUT2D eigenvalue weighted by molar-refractivity contribution is -0.124. The summed E-state index contributed by atoms with van der Waals surface area (Å²) in [6, 6.07) is 10.5. The maximum atomic E-state index is 13.4. The predicted octanol–water partition coefficient (Wildman–Crippen LogP) is 6.74. The molecule has 0 radical (unpaired) electrons. The summed E-state index contributed by atoms with van der Waals surface area (Å²) in [6.07, 6.45) is 6.75. The second-order valence-electron chi connectivity index (χ2n) is 18.6. The van der Waals surface area contributed by atoms with E-state index >= 15 is 0 Å². The maximum Gasteiger partial charge on any atom is 0.261 e. The van der Waals surface area contributed by atoms with Crippen LogP contribution in [0.1, 0.15) is 98.1 Å². The van der Waals surface area contributed by atoms with E-state index in [9.17, 15) is 21.6 Å². The molecule has 3 saturated heterocycles. The number of nitrogens with zero attached hydrogens (tertiary/aromatic N) is 5. The number of halogens is 1. The fourth-order valence-electron chi connectivity index (χ4n) is 8.28. The van der Waals surface area contributed by atoms with Gasteiger partial charge in [0.1, 0.15) is 11.6 Å². The Morgan fingerprint density at radius 1 is 0.724 bits per heavy atom. The summed E-state index contributed by atoms with van der Waals surface area (Å²) in [4.78, 5) is 22.4. The molecule has 1 amide bonds. The molecule has 2 aromatic heterocycles. The Labute approximate surface area is 347 Å². The van der Waals surface area contributed by atoms with Gasteiger partial charge in [-0.3, -0.25) is 4.79 Å². The highest BCUT2D eigenvalue weighted by Gasteiger charge is 2.38. The minimum absolute atomic E-state index is 0.0164. The average Bonchev–Trinajstić information content (AvgIpc) is 3.52. The summed E-state index contributed by atoms with van der Waals surface area (Å²) < 4.78 is 67.0. The second kappa shape index (κ2) is 16.8. The third-order valence-electron chi connectivity index (χ3n) is 11.7. The van der Waals surface area contributed by atoms with Gasteiger partial charge >= 0.3 is 0 Å². The molecule has 3 aliphatic heterocycles. The summed E-state index contributed by atoms with van der Waals surface area (Å²) in [5.74, 6) is 2.73. The Balaban J connectivity index is 0.000000188. The lowest BCUT2D eigenvalue weighted by Crippen LogP contribution is -2.35. The van der Waals surface area contributed by atoms with Crippen LogP contribution >= 0.6 is 10.7 Å². The van der Waals surface area contributed by atoms with Crippen LogP contribution in [0, 0.1) is 17.8 Å². The minimum Gasteiger partial charge on any atom is -0.381 e. The molecule has 4 aromatic rings. The van der Waals surface area contributed by atoms with Crippen LogP contribution in [-0.2, 0) is 57.3 Å². The van der Waals surface area contributed by atoms with E-state index in [0.717, 1.165) is 101 Å². The SMILES string of the molecule is CC(C)(C)c1nc2cc(S(=O)(=O)Cl)ccc2n1CC1CCOCC1.CC(C)(C)c1nc2cc(S(=O)(=O)N3CC[C@H](C(=O)NC4CC4)C3)ccc2n1CC1CCOCC1. The van der Waals surface area contributed by atoms with Crippen molar-refractivity contribution in [3.05, 3.63) is 48.0 Å². The van der Waals surface area contributed by atoms with Crippen molar-refractivity contribution < 1.29 is 31.1 Å². The monoisotopic (exact) mass is 858 g/mol. The first-order chi connectivity index (χ1) is 27.3. The van der Waals surface area contributed by atoms with E-state index < -0.39 is 19.1 Å². The van der Waals surface area contributed by atoms with Crippen molar-refractivity contribution in [2.24, 2.45) is 17.8 Å². The van der Waals surface area contributed by atoms with Crippen molar-refractivity contribution in [2.75, 3.05) is 39.5 Å². The van der Waals surface area contributed by atoms with Crippen LogP contribution in [0.4, 0.5) is 0 Å². The molecule has 5 heterocycles. The Morgan fingerprint density at radius 2 is 1.19 bits per heavy atom. The molecule has 0 unspecified atom stereocenters. The first-order valence-electron chi connectivity index (χ1n) is 20.7. The molecule has 1 saturated carbocycles. The third-order valence-corrected chi connectivity index (χ3v) is 14.9. The number of amides is 1. The molecule has 4 fully saturated rings. The van der Waals surface area contributed by atoms with E-state index in [1.807, 2.05) is 12.1 Å². The van der Waals surface area contributed by atoms with E-state index in [4.69, 9.17) is 30.1 Å². The molecule has 2 aromatic carbocycles. The molecule has 4 aliphatic rings. The number of hydrogen-bond acceptors (Lipinski definition) is 9. The van der Waals surface area contributed by atoms with Crippen molar-refractivity contribution in [1.82, 2.24) is 28.7 Å². The fourth-order valence-corrected chi connectivity index (χ4v) is 10.6. The smallest absolute Gasteiger partial charge is 0.261 e. The summed E-state index contributed by atoms with van der Waals surface area (Å²) in [7, 11) is -1.97. The predicted molar refractivity (Wildman–Crippen MR) is 225 cm³/mol. The number of carbonyl (C=O) groups is 1. The molecule has 58 heavy (non-hydrogen) atoms. The summed E-state index contributed by atoms with van der Waals surface area (Å²) in [5, 5.41) is 3.01. The molecule has 0 bridgehead atoms. The molecule has 8 rings (SSSR count). The zero-order chi connectivity index (χ0) is 41.6. The van der Waals surface area contributed by atoms with Gasteiger partial charge in [-0.25, -0.2) is 26.8 Å². The topological polar surface area (TPSA) is 155 Å². The van der Waals surface area contributed by atoms with Crippen LogP contribution in [-0.4, -0.2) is 91.7 Å². The van der Waals surface area contributed by atoms with E-state index in [1.165, 1.54) is 4.31 Å². The van der Waals surface area contributed by atoms with Crippen molar-refractivity contribution in [1.29, 1.82) is 0 Å². The van der Waals surface area contributed by atoms with E-state index in [0.29, 0.717) is 35.8 Å². The van der Waals surface area contributed by atoms with Crippen LogP contribution < -0.4 is 5.32 Å². The van der Waals surface area contributed by atoms with E-state index in [-0.39, 0.29) is 45.0 Å². The standard InChI is InChI=1S/C25H36N4O4S.C17H23ClN2O3S/c1-25(2,3)24-27-21-14-20(6-7-22(21)29(24)15-17-9-12-33-13-10-17)34(31,32)28-11-8-18(16-28)23(30)26-19-4-5-19;1-17(2,3)16-19-14-10-13(24(18,21)22)4-5-15(14)20(16)11-12-6-8-23-9-7-12/h6-7,14,17-19H,4-5,8-13,15-16H2,1-3H3,(H,26,30);4-5,10,12H,6-9,11H2,1-3H3/t18-;/m0./s1. The molecule has 1 atom stereocenters. The van der Waals surface area contributed by atoms with E-state index in [1.54, 1.807) is 24.3 Å². The van der Waals surface area contributed by atoms with Crippen LogP contribution in [0.25, 0.3) is 22.1 Å². The molecular formula is C42H59ClN6O7S2. The van der Waals surface area contributed by atoms with Crippen molar-refractivity contribution in [3.63, 3.8) is 0 Å². The molecule has 13 nitrogen and oxygen atoms in total. The zero-order valence-corrected chi connectivity index (χ0v) is 37.1. The van der Waals surface area contributed by atoms with E-state index in [2.05, 4.69) is 56.0 Å². The summed E-state index contributed by atoms with van der Waals surface area (Å²) in [5.41, 5.74) is 3.01. The third kappa shape index (κ3) is 9.76. The summed E-state index contributed by atoms with van der Waals surface area (Å²) in [6.45, 7) is 18.3. The number of carbonyl (C=O) groups excluding carboxylic acids is 1. The number of aromatic nitrogens is 4. The highest BCUT2D eigenvalue weighted by atomic mass is 35.7. The highest BCUT2D eigenvalue weighted by molar-refractivity contribution is 8.13. The van der Waals surface area contributed by atoms with Crippen LogP contribution in [0.15, 0.2) is 46.2 Å². The Bertz CT molecular complexity index is 2350. The van der Waals surface area contributed by atoms with Gasteiger partial charge in [0.25, 0.3) is 9.05 Å². The second-order valence-corrected chi connectivity index (χ2v) is 23.1. The van der Waals surface area contributed by atoms with Crippen LogP contribution in [0.2, 0.25) is 0 Å². The number of ether oxygens (including phenoxy) is 2. The van der Waals surface area contributed by atoms with Gasteiger partial charge in [0.05, 0.1) is 37.8 Å². The van der Waals surface area contributed by atoms with Gasteiger partial charge < -0.3 is 23.9 Å². The van der Waals surface area contributed by atoms with Gasteiger partial charge in [-0.15, -0.1) is 0 Å². The minimum atomic E-state index is -3.75. The highest BCUT2D eigenvalue weighted by Crippen LogP contribution is 2.34. The quantitative estimate of drug-likeness (QED) is 0.180. The zero-order valence-electron chi connectivity index (χ0n) is 34.7. The Hall–Kier alpha value is -3.08. The van der Waals surface area contributed by atoms with Crippen molar-refractivity contribution >= 4 is 57.7 Å². The van der Waals surface area contributed by atoms with Gasteiger partial charge in [0, 0.05) is 80.2 Å². The molecule has 1 aliphatic carbocycles. The van der Waals surface area contributed by atoms with Crippen molar-refractivity contribution in [3.8, 4) is 0 Å². The number of hydrogen-bond donors (Lipinski definition) is 1. The number of fused-ring (bicyclic) bond motifs is 2.